The summed E-state index contributed by atoms with van der Waals surface area (Å²) in [6.45, 7) is 5.90. The van der Waals surface area contributed by atoms with E-state index >= 15 is 0 Å². The van der Waals surface area contributed by atoms with Crippen molar-refractivity contribution in [2.75, 3.05) is 33.2 Å². The van der Waals surface area contributed by atoms with Crippen LogP contribution >= 0.6 is 0 Å². The van der Waals surface area contributed by atoms with Gasteiger partial charge in [0, 0.05) is 32.7 Å². The molecule has 1 saturated heterocycles. The first kappa shape index (κ1) is 17.8. The summed E-state index contributed by atoms with van der Waals surface area (Å²) in [5.74, 6) is 0. The maximum atomic E-state index is 12.2. The van der Waals surface area contributed by atoms with Gasteiger partial charge in [-0.1, -0.05) is 43.7 Å². The summed E-state index contributed by atoms with van der Waals surface area (Å²) in [4.78, 5) is 16.5. The average Bonchev–Trinajstić information content (AvgIpc) is 2.60. The molecule has 1 aliphatic rings. The third-order valence-corrected chi connectivity index (χ3v) is 4.82. The van der Waals surface area contributed by atoms with Gasteiger partial charge in [-0.25, -0.2) is 4.79 Å². The molecular weight excluding hydrogens is 286 g/mol. The number of nitrogens with one attached hydrogen (secondary N) is 1. The van der Waals surface area contributed by atoms with Gasteiger partial charge in [-0.3, -0.25) is 4.90 Å². The molecule has 2 rings (SSSR count). The summed E-state index contributed by atoms with van der Waals surface area (Å²) in [6.07, 6.45) is 6.06. The molecule has 4 nitrogen and oxygen atoms in total. The molecule has 0 radical (unpaired) electrons. The Balaban J connectivity index is 1.65. The van der Waals surface area contributed by atoms with Crippen molar-refractivity contribution in [2.24, 2.45) is 0 Å². The van der Waals surface area contributed by atoms with Crippen molar-refractivity contribution < 1.29 is 4.79 Å². The standard InChI is InChI=1S/C19H31N3O/c1-3-18-11-7-8-14-22(18)16-13-20-19(23)21(2)15-12-17-9-5-4-6-10-17/h4-6,9-10,18H,3,7-8,11-16H2,1-2H3,(H,20,23). The number of benzene rings is 1. The number of hydrogen-bond acceptors (Lipinski definition) is 2. The van der Waals surface area contributed by atoms with Crippen molar-refractivity contribution in [3.05, 3.63) is 35.9 Å². The number of carbonyl (C=O) groups excluding carboxylic acids is 1. The fourth-order valence-electron chi connectivity index (χ4n) is 3.30. The highest BCUT2D eigenvalue weighted by atomic mass is 16.2. The molecule has 1 heterocycles. The summed E-state index contributed by atoms with van der Waals surface area (Å²) in [6, 6.07) is 11.0. The Morgan fingerprint density at radius 3 is 2.83 bits per heavy atom. The lowest BCUT2D eigenvalue weighted by atomic mass is 10.0. The van der Waals surface area contributed by atoms with E-state index in [2.05, 4.69) is 29.3 Å². The second-order valence-electron chi connectivity index (χ2n) is 6.48. The molecule has 1 aromatic rings. The van der Waals surface area contributed by atoms with E-state index in [4.69, 9.17) is 0 Å². The maximum absolute atomic E-state index is 12.2. The Labute approximate surface area is 140 Å². The van der Waals surface area contributed by atoms with Crippen LogP contribution in [0.2, 0.25) is 0 Å². The Morgan fingerprint density at radius 2 is 2.09 bits per heavy atom. The third kappa shape index (κ3) is 5.87. The van der Waals surface area contributed by atoms with Crippen LogP contribution in [0.5, 0.6) is 0 Å². The molecule has 23 heavy (non-hydrogen) atoms. The summed E-state index contributed by atoms with van der Waals surface area (Å²) in [5.41, 5.74) is 1.27. The van der Waals surface area contributed by atoms with Crippen LogP contribution in [0.1, 0.15) is 38.2 Å². The second kappa shape index (κ2) is 9.56. The Morgan fingerprint density at radius 1 is 1.30 bits per heavy atom. The lowest BCUT2D eigenvalue weighted by Crippen LogP contribution is -2.46. The van der Waals surface area contributed by atoms with Crippen molar-refractivity contribution in [1.29, 1.82) is 0 Å². The minimum absolute atomic E-state index is 0.0333. The molecular formula is C19H31N3O. The molecule has 0 spiro atoms. The molecule has 1 fully saturated rings. The highest BCUT2D eigenvalue weighted by molar-refractivity contribution is 5.73. The minimum atomic E-state index is 0.0333. The van der Waals surface area contributed by atoms with Crippen molar-refractivity contribution in [2.45, 2.75) is 45.1 Å². The van der Waals surface area contributed by atoms with Crippen molar-refractivity contribution in [3.8, 4) is 0 Å². The largest absolute Gasteiger partial charge is 0.337 e. The molecule has 0 aliphatic carbocycles. The monoisotopic (exact) mass is 317 g/mol. The van der Waals surface area contributed by atoms with Gasteiger partial charge in [0.05, 0.1) is 0 Å². The van der Waals surface area contributed by atoms with Gasteiger partial charge < -0.3 is 10.2 Å². The zero-order chi connectivity index (χ0) is 16.5. The number of carbonyl (C=O) groups is 1. The highest BCUT2D eigenvalue weighted by Gasteiger charge is 2.20. The van der Waals surface area contributed by atoms with Gasteiger partial charge in [0.25, 0.3) is 0 Å². The van der Waals surface area contributed by atoms with E-state index in [0.29, 0.717) is 6.04 Å². The molecule has 128 valence electrons. The fourth-order valence-corrected chi connectivity index (χ4v) is 3.30. The minimum Gasteiger partial charge on any atom is -0.337 e. The van der Waals surface area contributed by atoms with Crippen LogP contribution in [0.4, 0.5) is 4.79 Å². The highest BCUT2D eigenvalue weighted by Crippen LogP contribution is 2.18. The van der Waals surface area contributed by atoms with Crippen LogP contribution in [0.3, 0.4) is 0 Å². The van der Waals surface area contributed by atoms with Crippen molar-refractivity contribution in [1.82, 2.24) is 15.1 Å². The van der Waals surface area contributed by atoms with Crippen LogP contribution in [-0.2, 0) is 6.42 Å². The average molecular weight is 317 g/mol. The maximum Gasteiger partial charge on any atom is 0.317 e. The zero-order valence-corrected chi connectivity index (χ0v) is 14.6. The predicted molar refractivity (Wildman–Crippen MR) is 95.7 cm³/mol. The molecule has 0 saturated carbocycles. The normalized spacial score (nSPS) is 18.6. The summed E-state index contributed by atoms with van der Waals surface area (Å²) in [5, 5.41) is 3.06. The van der Waals surface area contributed by atoms with Crippen LogP contribution in [0.25, 0.3) is 0 Å². The lowest BCUT2D eigenvalue weighted by molar-refractivity contribution is 0.144. The van der Waals surface area contributed by atoms with Crippen molar-refractivity contribution in [3.63, 3.8) is 0 Å². The Hall–Kier alpha value is -1.55. The Bertz CT molecular complexity index is 463. The van der Waals surface area contributed by atoms with E-state index in [9.17, 15) is 4.79 Å². The molecule has 0 aromatic heterocycles. The number of urea groups is 1. The first-order valence-corrected chi connectivity index (χ1v) is 8.97. The van der Waals surface area contributed by atoms with Gasteiger partial charge in [0.1, 0.15) is 0 Å². The quantitative estimate of drug-likeness (QED) is 0.838. The number of likely N-dealkylation sites (tertiary alicyclic amines) is 1. The molecule has 1 aromatic carbocycles. The van der Waals surface area contributed by atoms with E-state index in [0.717, 1.165) is 26.1 Å². The topological polar surface area (TPSA) is 35.6 Å². The van der Waals surface area contributed by atoms with Crippen molar-refractivity contribution >= 4 is 6.03 Å². The molecule has 0 bridgehead atoms. The third-order valence-electron chi connectivity index (χ3n) is 4.82. The number of rotatable bonds is 7. The number of likely N-dealkylation sites (N-methyl/N-ethyl adjacent to an activating group) is 1. The van der Waals surface area contributed by atoms with Gasteiger partial charge >= 0.3 is 6.03 Å². The van der Waals surface area contributed by atoms with Crippen LogP contribution in [0, 0.1) is 0 Å². The van der Waals surface area contributed by atoms with E-state index in [-0.39, 0.29) is 6.03 Å². The first-order chi connectivity index (χ1) is 11.2. The van der Waals surface area contributed by atoms with E-state index < -0.39 is 0 Å². The SMILES string of the molecule is CCC1CCCCN1CCNC(=O)N(C)CCc1ccccc1. The summed E-state index contributed by atoms with van der Waals surface area (Å²) < 4.78 is 0. The summed E-state index contributed by atoms with van der Waals surface area (Å²) >= 11 is 0. The van der Waals surface area contributed by atoms with E-state index in [1.807, 2.05) is 25.2 Å². The van der Waals surface area contributed by atoms with Gasteiger partial charge in [-0.05, 0) is 37.8 Å². The number of nitrogens with zero attached hydrogens (tertiary/aromatic N) is 2. The van der Waals surface area contributed by atoms with Crippen LogP contribution in [0.15, 0.2) is 30.3 Å². The Kier molecular flexibility index (Phi) is 7.40. The first-order valence-electron chi connectivity index (χ1n) is 8.97. The van der Waals surface area contributed by atoms with Gasteiger partial charge in [0.2, 0.25) is 0 Å². The number of amides is 2. The molecule has 1 atom stereocenters. The number of piperidine rings is 1. The van der Waals surface area contributed by atoms with E-state index in [1.165, 1.54) is 37.8 Å². The lowest BCUT2D eigenvalue weighted by Gasteiger charge is -2.35. The predicted octanol–water partition coefficient (Wildman–Crippen LogP) is 3.14. The smallest absolute Gasteiger partial charge is 0.317 e. The van der Waals surface area contributed by atoms with Gasteiger partial charge in [-0.2, -0.15) is 0 Å². The molecule has 1 N–H and O–H groups in total. The molecule has 1 unspecified atom stereocenters. The molecule has 4 heteroatoms. The van der Waals surface area contributed by atoms with Gasteiger partial charge in [-0.15, -0.1) is 0 Å². The summed E-state index contributed by atoms with van der Waals surface area (Å²) in [7, 11) is 1.87. The van der Waals surface area contributed by atoms with Crippen LogP contribution < -0.4 is 5.32 Å². The fraction of sp³-hybridized carbons (Fsp3) is 0.632. The van der Waals surface area contributed by atoms with E-state index in [1.54, 1.807) is 4.90 Å². The number of hydrogen-bond donors (Lipinski definition) is 1. The second-order valence-corrected chi connectivity index (χ2v) is 6.48. The van der Waals surface area contributed by atoms with Gasteiger partial charge in [0.15, 0.2) is 0 Å². The zero-order valence-electron chi connectivity index (χ0n) is 14.6. The molecule has 2 amide bonds. The molecule has 1 aliphatic heterocycles. The van der Waals surface area contributed by atoms with Crippen LogP contribution in [-0.4, -0.2) is 55.1 Å².